The molecule has 1 aromatic carbocycles. The largest absolute Gasteiger partial charge is 0.465 e. The number of aromatic nitrogens is 2. The van der Waals surface area contributed by atoms with Crippen LogP contribution in [0.25, 0.3) is 10.2 Å². The number of amides is 1. The fraction of sp³-hybridized carbons (Fsp3) is 0.364. The highest BCUT2D eigenvalue weighted by molar-refractivity contribution is 7.20. The Balaban J connectivity index is 1.35. The molecule has 11 heteroatoms. The average molecular weight is 490 g/mol. The molecular formula is C22H24ClN5O4S. The third kappa shape index (κ3) is 5.25. The first-order valence-corrected chi connectivity index (χ1v) is 11.6. The van der Waals surface area contributed by atoms with Gasteiger partial charge in [0.2, 0.25) is 5.91 Å². The van der Waals surface area contributed by atoms with E-state index in [1.807, 2.05) is 12.1 Å². The minimum absolute atomic E-state index is 0.109. The number of hydrogen-bond acceptors (Lipinski definition) is 8. The molecule has 1 aliphatic heterocycles. The molecule has 1 saturated heterocycles. The molecule has 33 heavy (non-hydrogen) atoms. The van der Waals surface area contributed by atoms with E-state index in [-0.39, 0.29) is 18.0 Å². The fourth-order valence-corrected chi connectivity index (χ4v) is 5.13. The number of fused-ring (bicyclic) bond motifs is 1. The zero-order valence-corrected chi connectivity index (χ0v) is 19.9. The Hall–Kier alpha value is -2.79. The van der Waals surface area contributed by atoms with Gasteiger partial charge >= 0.3 is 5.97 Å². The zero-order chi connectivity index (χ0) is 23.5. The van der Waals surface area contributed by atoms with Crippen molar-refractivity contribution < 1.29 is 14.3 Å². The summed E-state index contributed by atoms with van der Waals surface area (Å²) in [6.45, 7) is 5.39. The number of anilines is 1. The Bertz CT molecular complexity index is 1250. The molecule has 0 radical (unpaired) electrons. The molecule has 4 rings (SSSR count). The van der Waals surface area contributed by atoms with Crippen molar-refractivity contribution in [1.82, 2.24) is 19.8 Å². The molecule has 3 heterocycles. The van der Waals surface area contributed by atoms with E-state index < -0.39 is 5.97 Å². The molecule has 2 aromatic heterocycles. The number of rotatable bonds is 6. The molecule has 2 N–H and O–H groups in total. The number of nitrogens with zero attached hydrogens (tertiary/aromatic N) is 3. The van der Waals surface area contributed by atoms with Gasteiger partial charge in [-0.2, -0.15) is 0 Å². The number of aromatic amines is 1. The average Bonchev–Trinajstić information content (AvgIpc) is 3.13. The number of benzene rings is 1. The van der Waals surface area contributed by atoms with Crippen LogP contribution in [0.15, 0.2) is 29.1 Å². The van der Waals surface area contributed by atoms with Crippen LogP contribution in [0.5, 0.6) is 0 Å². The summed E-state index contributed by atoms with van der Waals surface area (Å²) in [6.07, 6.45) is 0. The van der Waals surface area contributed by atoms with Crippen LogP contribution in [0.3, 0.4) is 0 Å². The first-order valence-electron chi connectivity index (χ1n) is 10.5. The van der Waals surface area contributed by atoms with Gasteiger partial charge in [0.15, 0.2) is 0 Å². The Morgan fingerprint density at radius 2 is 1.91 bits per heavy atom. The third-order valence-electron chi connectivity index (χ3n) is 5.57. The van der Waals surface area contributed by atoms with Crippen molar-refractivity contribution in [2.75, 3.05) is 45.2 Å². The van der Waals surface area contributed by atoms with E-state index in [9.17, 15) is 14.4 Å². The van der Waals surface area contributed by atoms with Gasteiger partial charge in [-0.05, 0) is 24.6 Å². The van der Waals surface area contributed by atoms with Gasteiger partial charge in [-0.1, -0.05) is 23.7 Å². The van der Waals surface area contributed by atoms with Gasteiger partial charge in [-0.25, -0.2) is 9.78 Å². The first kappa shape index (κ1) is 23.4. The van der Waals surface area contributed by atoms with E-state index in [1.54, 1.807) is 19.1 Å². The second kappa shape index (κ2) is 10.0. The molecule has 0 saturated carbocycles. The van der Waals surface area contributed by atoms with Gasteiger partial charge in [-0.15, -0.1) is 11.3 Å². The molecule has 0 unspecified atom stereocenters. The maximum atomic E-state index is 12.6. The van der Waals surface area contributed by atoms with Crippen molar-refractivity contribution in [2.24, 2.45) is 0 Å². The molecule has 1 amide bonds. The van der Waals surface area contributed by atoms with Crippen molar-refractivity contribution >= 4 is 50.7 Å². The highest BCUT2D eigenvalue weighted by Gasteiger charge is 2.22. The summed E-state index contributed by atoms with van der Waals surface area (Å²) in [5.74, 6) is -0.0244. The normalized spacial score (nSPS) is 15.0. The van der Waals surface area contributed by atoms with Crippen LogP contribution >= 0.6 is 22.9 Å². The highest BCUT2D eigenvalue weighted by atomic mass is 35.5. The van der Waals surface area contributed by atoms with Crippen molar-refractivity contribution in [1.29, 1.82) is 0 Å². The smallest absolute Gasteiger partial charge is 0.348 e. The van der Waals surface area contributed by atoms with Gasteiger partial charge in [0.25, 0.3) is 5.56 Å². The summed E-state index contributed by atoms with van der Waals surface area (Å²) in [6, 6.07) is 7.14. The molecule has 174 valence electrons. The van der Waals surface area contributed by atoms with Crippen LogP contribution in [0, 0.1) is 6.92 Å². The summed E-state index contributed by atoms with van der Waals surface area (Å²) in [5, 5.41) is 3.78. The number of carbonyl (C=O) groups is 2. The van der Waals surface area contributed by atoms with E-state index >= 15 is 0 Å². The topological polar surface area (TPSA) is 108 Å². The SMILES string of the molecule is COC(=O)c1sc2nc(CN3CCN(CC(=O)Nc4ccccc4Cl)CC3)[nH]c(=O)c2c1C. The number of para-hydroxylation sites is 1. The minimum Gasteiger partial charge on any atom is -0.465 e. The van der Waals surface area contributed by atoms with E-state index in [0.29, 0.717) is 56.8 Å². The third-order valence-corrected chi connectivity index (χ3v) is 7.07. The lowest BCUT2D eigenvalue weighted by Crippen LogP contribution is -2.48. The van der Waals surface area contributed by atoms with Crippen LogP contribution in [-0.2, 0) is 16.1 Å². The Kier molecular flexibility index (Phi) is 7.08. The Morgan fingerprint density at radius 3 is 2.61 bits per heavy atom. The molecule has 0 aliphatic carbocycles. The summed E-state index contributed by atoms with van der Waals surface area (Å²) in [7, 11) is 1.31. The van der Waals surface area contributed by atoms with Crippen LogP contribution in [0.1, 0.15) is 21.1 Å². The van der Waals surface area contributed by atoms with E-state index in [0.717, 1.165) is 13.1 Å². The number of piperazine rings is 1. The lowest BCUT2D eigenvalue weighted by atomic mass is 10.2. The number of carbonyl (C=O) groups excluding carboxylic acids is 2. The molecule has 1 fully saturated rings. The lowest BCUT2D eigenvalue weighted by molar-refractivity contribution is -0.117. The Morgan fingerprint density at radius 1 is 1.21 bits per heavy atom. The second-order valence-corrected chi connectivity index (χ2v) is 9.23. The quantitative estimate of drug-likeness (QED) is 0.512. The number of H-pyrrole nitrogens is 1. The molecule has 0 spiro atoms. The zero-order valence-electron chi connectivity index (χ0n) is 18.3. The number of halogens is 1. The van der Waals surface area contributed by atoms with Crippen LogP contribution in [0.2, 0.25) is 5.02 Å². The number of aryl methyl sites for hydroxylation is 1. The summed E-state index contributed by atoms with van der Waals surface area (Å²) < 4.78 is 4.80. The lowest BCUT2D eigenvalue weighted by Gasteiger charge is -2.33. The molecule has 9 nitrogen and oxygen atoms in total. The van der Waals surface area contributed by atoms with Gasteiger partial charge < -0.3 is 15.0 Å². The number of ether oxygens (including phenoxy) is 1. The van der Waals surface area contributed by atoms with E-state index in [1.165, 1.54) is 18.4 Å². The molecular weight excluding hydrogens is 466 g/mol. The maximum absolute atomic E-state index is 12.6. The minimum atomic E-state index is -0.467. The van der Waals surface area contributed by atoms with Crippen molar-refractivity contribution in [3.63, 3.8) is 0 Å². The van der Waals surface area contributed by atoms with Crippen molar-refractivity contribution in [2.45, 2.75) is 13.5 Å². The van der Waals surface area contributed by atoms with E-state index in [4.69, 9.17) is 16.3 Å². The maximum Gasteiger partial charge on any atom is 0.348 e. The summed E-state index contributed by atoms with van der Waals surface area (Å²) in [5.41, 5.74) is 0.937. The molecule has 1 aliphatic rings. The van der Waals surface area contributed by atoms with E-state index in [2.05, 4.69) is 25.1 Å². The standard InChI is InChI=1S/C22H24ClN5O4S/c1-13-18-20(30)25-16(26-21(18)33-19(13)22(31)32-2)11-27-7-9-28(10-8-27)12-17(29)24-15-6-4-3-5-14(15)23/h3-6H,7-12H2,1-2H3,(H,24,29)(H,25,26,30). The highest BCUT2D eigenvalue weighted by Crippen LogP contribution is 2.27. The van der Waals surface area contributed by atoms with Crippen LogP contribution < -0.4 is 10.9 Å². The number of thiophene rings is 1. The van der Waals surface area contributed by atoms with Gasteiger partial charge in [-0.3, -0.25) is 19.4 Å². The summed E-state index contributed by atoms with van der Waals surface area (Å²) in [4.78, 5) is 49.5. The number of methoxy groups -OCH3 is 1. The van der Waals surface area contributed by atoms with Gasteiger partial charge in [0.05, 0.1) is 36.3 Å². The second-order valence-electron chi connectivity index (χ2n) is 7.82. The predicted octanol–water partition coefficient (Wildman–Crippen LogP) is 2.49. The Labute approximate surface area is 199 Å². The van der Waals surface area contributed by atoms with Gasteiger partial charge in [0, 0.05) is 26.2 Å². The number of esters is 1. The molecule has 0 atom stereocenters. The molecule has 0 bridgehead atoms. The number of nitrogens with one attached hydrogen (secondary N) is 2. The number of hydrogen-bond donors (Lipinski definition) is 2. The summed E-state index contributed by atoms with van der Waals surface area (Å²) >= 11 is 7.27. The van der Waals surface area contributed by atoms with Crippen molar-refractivity contribution in [3.05, 3.63) is 55.9 Å². The predicted molar refractivity (Wildman–Crippen MR) is 128 cm³/mol. The van der Waals surface area contributed by atoms with Crippen LogP contribution in [-0.4, -0.2) is 71.5 Å². The van der Waals surface area contributed by atoms with Crippen molar-refractivity contribution in [3.8, 4) is 0 Å². The van der Waals surface area contributed by atoms with Gasteiger partial charge in [0.1, 0.15) is 15.5 Å². The first-order chi connectivity index (χ1) is 15.9. The monoisotopic (exact) mass is 489 g/mol. The van der Waals surface area contributed by atoms with Crippen LogP contribution in [0.4, 0.5) is 5.69 Å². The fourth-order valence-electron chi connectivity index (χ4n) is 3.82. The molecule has 3 aromatic rings.